The number of hydrogen-bond acceptors (Lipinski definition) is 3. The lowest BCUT2D eigenvalue weighted by molar-refractivity contribution is -0.149. The largest absolute Gasteiger partial charge is 0.375 e. The number of ether oxygens (including phenoxy) is 1. The molecule has 0 aromatic heterocycles. The first kappa shape index (κ1) is 13.3. The molecule has 0 aromatic rings. The van der Waals surface area contributed by atoms with Crippen LogP contribution in [0.25, 0.3) is 0 Å². The molecule has 1 fully saturated rings. The van der Waals surface area contributed by atoms with Crippen LogP contribution in [0, 0.1) is 0 Å². The van der Waals surface area contributed by atoms with E-state index in [0.29, 0.717) is 12.2 Å². The average Bonchev–Trinajstić information content (AvgIpc) is 2.63. The van der Waals surface area contributed by atoms with Gasteiger partial charge in [-0.3, -0.25) is 14.5 Å². The lowest BCUT2D eigenvalue weighted by Crippen LogP contribution is -2.50. The minimum absolute atomic E-state index is 0.00708. The zero-order valence-corrected chi connectivity index (χ0v) is 11.4. The van der Waals surface area contributed by atoms with E-state index in [0.717, 1.165) is 25.7 Å². The molecular weight excluding hydrogens is 230 g/mol. The summed E-state index contributed by atoms with van der Waals surface area (Å²) in [6.07, 6.45) is 4.79. The molecule has 2 aliphatic heterocycles. The van der Waals surface area contributed by atoms with Crippen LogP contribution >= 0.6 is 0 Å². The van der Waals surface area contributed by atoms with E-state index in [1.54, 1.807) is 6.92 Å². The van der Waals surface area contributed by atoms with Gasteiger partial charge in [-0.2, -0.15) is 0 Å². The van der Waals surface area contributed by atoms with Gasteiger partial charge >= 0.3 is 0 Å². The first-order chi connectivity index (χ1) is 8.53. The molecule has 18 heavy (non-hydrogen) atoms. The predicted molar refractivity (Wildman–Crippen MR) is 67.9 cm³/mol. The molecule has 100 valence electrons. The van der Waals surface area contributed by atoms with Crippen LogP contribution in [0.3, 0.4) is 0 Å². The van der Waals surface area contributed by atoms with E-state index in [1.807, 2.05) is 0 Å². The van der Waals surface area contributed by atoms with E-state index in [9.17, 15) is 9.59 Å². The predicted octanol–water partition coefficient (Wildman–Crippen LogP) is 2.04. The fraction of sp³-hybridized carbons (Fsp3) is 0.714. The minimum atomic E-state index is -0.167. The van der Waals surface area contributed by atoms with Crippen molar-refractivity contribution in [3.63, 3.8) is 0 Å². The Hall–Kier alpha value is -1.16. The fourth-order valence-corrected chi connectivity index (χ4v) is 2.92. The van der Waals surface area contributed by atoms with Crippen LogP contribution in [-0.2, 0) is 14.3 Å². The second-order valence-corrected chi connectivity index (χ2v) is 5.23. The minimum Gasteiger partial charge on any atom is -0.375 e. The summed E-state index contributed by atoms with van der Waals surface area (Å²) in [5, 5.41) is 0. The van der Waals surface area contributed by atoms with Crippen LogP contribution in [0.4, 0.5) is 0 Å². The summed E-state index contributed by atoms with van der Waals surface area (Å²) in [7, 11) is 0. The van der Waals surface area contributed by atoms with Crippen molar-refractivity contribution in [1.82, 2.24) is 4.90 Å². The van der Waals surface area contributed by atoms with Gasteiger partial charge in [-0.15, -0.1) is 0 Å². The van der Waals surface area contributed by atoms with E-state index < -0.39 is 0 Å². The van der Waals surface area contributed by atoms with Crippen LogP contribution in [-0.4, -0.2) is 35.0 Å². The zero-order chi connectivity index (χ0) is 13.3. The summed E-state index contributed by atoms with van der Waals surface area (Å²) in [5.74, 6) is -0.293. The molecule has 0 aromatic carbocycles. The monoisotopic (exact) mass is 251 g/mol. The van der Waals surface area contributed by atoms with E-state index in [4.69, 9.17) is 4.74 Å². The van der Waals surface area contributed by atoms with Crippen molar-refractivity contribution in [3.05, 3.63) is 11.6 Å². The van der Waals surface area contributed by atoms with Crippen molar-refractivity contribution in [1.29, 1.82) is 0 Å². The third-order valence-electron chi connectivity index (χ3n) is 4.25. The van der Waals surface area contributed by atoms with E-state index in [1.165, 1.54) is 11.0 Å². The molecule has 0 radical (unpaired) electrons. The molecule has 2 amide bonds. The van der Waals surface area contributed by atoms with Crippen molar-refractivity contribution in [2.24, 2.45) is 0 Å². The van der Waals surface area contributed by atoms with Gasteiger partial charge < -0.3 is 4.74 Å². The first-order valence-electron chi connectivity index (χ1n) is 6.73. The summed E-state index contributed by atoms with van der Waals surface area (Å²) < 4.78 is 5.88. The highest BCUT2D eigenvalue weighted by atomic mass is 16.5. The number of amides is 2. The Bertz CT molecular complexity index is 396. The molecule has 0 bridgehead atoms. The normalized spacial score (nSPS) is 27.6. The standard InChI is InChI=1S/C14H21NO3/c1-4-14(5-2)9-11(6-7-18-14)15-12(16)8-10(3)13(15)17/h8,11H,4-7,9H2,1-3H3. The molecule has 4 heteroatoms. The maximum Gasteiger partial charge on any atom is 0.256 e. The van der Waals surface area contributed by atoms with Gasteiger partial charge in [0.05, 0.1) is 5.60 Å². The summed E-state index contributed by atoms with van der Waals surface area (Å²) in [6.45, 7) is 6.53. The first-order valence-corrected chi connectivity index (χ1v) is 6.73. The highest BCUT2D eigenvalue weighted by Gasteiger charge is 2.42. The molecule has 2 rings (SSSR count). The molecular formula is C14H21NO3. The number of nitrogens with zero attached hydrogens (tertiary/aromatic N) is 1. The van der Waals surface area contributed by atoms with Crippen LogP contribution in [0.5, 0.6) is 0 Å². The fourth-order valence-electron chi connectivity index (χ4n) is 2.92. The van der Waals surface area contributed by atoms with Gasteiger partial charge in [0.15, 0.2) is 0 Å². The number of carbonyl (C=O) groups excluding carboxylic acids is 2. The van der Waals surface area contributed by atoms with Crippen LogP contribution in [0.1, 0.15) is 46.5 Å². The Kier molecular flexibility index (Phi) is 3.57. The van der Waals surface area contributed by atoms with Crippen molar-refractivity contribution in [3.8, 4) is 0 Å². The molecule has 2 aliphatic rings. The Labute approximate surface area is 108 Å². The van der Waals surface area contributed by atoms with E-state index >= 15 is 0 Å². The maximum absolute atomic E-state index is 12.0. The van der Waals surface area contributed by atoms with Crippen molar-refractivity contribution in [2.75, 3.05) is 6.61 Å². The van der Waals surface area contributed by atoms with Gasteiger partial charge in [-0.25, -0.2) is 0 Å². The molecule has 0 spiro atoms. The SMILES string of the molecule is CCC1(CC)CC(N2C(=O)C=C(C)C2=O)CCO1. The Balaban J connectivity index is 2.15. The van der Waals surface area contributed by atoms with Crippen LogP contribution in [0.15, 0.2) is 11.6 Å². The highest BCUT2D eigenvalue weighted by Crippen LogP contribution is 2.35. The Morgan fingerprint density at radius 3 is 2.56 bits per heavy atom. The molecule has 4 nitrogen and oxygen atoms in total. The summed E-state index contributed by atoms with van der Waals surface area (Å²) in [6, 6.07) is -0.00708. The second kappa shape index (κ2) is 4.84. The summed E-state index contributed by atoms with van der Waals surface area (Å²) in [5.41, 5.74) is 0.380. The van der Waals surface area contributed by atoms with Crippen LogP contribution in [0.2, 0.25) is 0 Å². The highest BCUT2D eigenvalue weighted by molar-refractivity contribution is 6.16. The van der Waals surface area contributed by atoms with Crippen molar-refractivity contribution in [2.45, 2.75) is 58.1 Å². The number of rotatable bonds is 3. The van der Waals surface area contributed by atoms with Gasteiger partial charge in [0.1, 0.15) is 0 Å². The smallest absolute Gasteiger partial charge is 0.256 e. The molecule has 0 aliphatic carbocycles. The molecule has 2 heterocycles. The van der Waals surface area contributed by atoms with Crippen molar-refractivity contribution < 1.29 is 14.3 Å². The van der Waals surface area contributed by atoms with Crippen molar-refractivity contribution >= 4 is 11.8 Å². The zero-order valence-electron chi connectivity index (χ0n) is 11.4. The summed E-state index contributed by atoms with van der Waals surface area (Å²) >= 11 is 0. The summed E-state index contributed by atoms with van der Waals surface area (Å²) in [4.78, 5) is 25.3. The third-order valence-corrected chi connectivity index (χ3v) is 4.25. The Morgan fingerprint density at radius 1 is 1.39 bits per heavy atom. The average molecular weight is 251 g/mol. The quantitative estimate of drug-likeness (QED) is 0.721. The topological polar surface area (TPSA) is 46.6 Å². The van der Waals surface area contributed by atoms with Gasteiger partial charge in [0.2, 0.25) is 0 Å². The van der Waals surface area contributed by atoms with Gasteiger partial charge in [-0.1, -0.05) is 13.8 Å². The molecule has 0 N–H and O–H groups in total. The lowest BCUT2D eigenvalue weighted by Gasteiger charge is -2.42. The van der Waals surface area contributed by atoms with Gasteiger partial charge in [0.25, 0.3) is 11.8 Å². The molecule has 1 saturated heterocycles. The van der Waals surface area contributed by atoms with E-state index in [2.05, 4.69) is 13.8 Å². The van der Waals surface area contributed by atoms with Gasteiger partial charge in [0, 0.05) is 24.3 Å². The number of carbonyl (C=O) groups is 2. The maximum atomic E-state index is 12.0. The van der Waals surface area contributed by atoms with E-state index in [-0.39, 0.29) is 23.5 Å². The molecule has 1 atom stereocenters. The molecule has 0 saturated carbocycles. The number of hydrogen-bond donors (Lipinski definition) is 0. The second-order valence-electron chi connectivity index (χ2n) is 5.23. The lowest BCUT2D eigenvalue weighted by atomic mass is 9.85. The number of imide groups is 1. The Morgan fingerprint density at radius 2 is 2.06 bits per heavy atom. The third kappa shape index (κ3) is 2.09. The molecule has 1 unspecified atom stereocenters. The van der Waals surface area contributed by atoms with Gasteiger partial charge in [-0.05, 0) is 32.6 Å². The van der Waals surface area contributed by atoms with Crippen LogP contribution < -0.4 is 0 Å².